The summed E-state index contributed by atoms with van der Waals surface area (Å²) in [6, 6.07) is 0. The van der Waals surface area contributed by atoms with Gasteiger partial charge in [-0.3, -0.25) is 9.59 Å². The summed E-state index contributed by atoms with van der Waals surface area (Å²) in [5.41, 5.74) is 0. The van der Waals surface area contributed by atoms with Crippen molar-refractivity contribution in [3.63, 3.8) is 0 Å². The minimum atomic E-state index is -6.30. The van der Waals surface area contributed by atoms with E-state index in [1.54, 1.807) is 0 Å². The number of fused-ring (bicyclic) bond motifs is 12. The Morgan fingerprint density at radius 1 is 0.735 bits per heavy atom. The molecule has 3 atom stereocenters. The van der Waals surface area contributed by atoms with Crippen molar-refractivity contribution in [2.24, 2.45) is 17.8 Å². The molecule has 3 unspecified atom stereocenters. The van der Waals surface area contributed by atoms with E-state index in [9.17, 15) is 18.0 Å². The van der Waals surface area contributed by atoms with Gasteiger partial charge in [-0.15, -0.1) is 9.35 Å². The van der Waals surface area contributed by atoms with Gasteiger partial charge in [0.25, 0.3) is 11.8 Å². The molecule has 4 aliphatic rings. The molecule has 0 N–H and O–H groups in total. The zero-order valence-electron chi connectivity index (χ0n) is 19.5. The van der Waals surface area contributed by atoms with E-state index >= 15 is 17.6 Å². The standard InChI is InChI=1S/C23H35F4NO5S/c24-22(25,23(26,27)34(31,32)33-28-20(29)14-15-21(28)30)19-16-17-10-8-6-4-2-1-3-5-7-9-11-18(19)13-12-17/h17-19H,1-16H2. The fourth-order valence-electron chi connectivity index (χ4n) is 5.62. The molecular weight excluding hydrogens is 478 g/mol. The Hall–Kier alpha value is -1.23. The van der Waals surface area contributed by atoms with Crippen molar-refractivity contribution in [2.75, 3.05) is 0 Å². The highest BCUT2D eigenvalue weighted by atomic mass is 32.2. The minimum Gasteiger partial charge on any atom is -0.272 e. The number of halogens is 4. The van der Waals surface area contributed by atoms with E-state index in [0.29, 0.717) is 32.1 Å². The molecule has 1 aliphatic heterocycles. The summed E-state index contributed by atoms with van der Waals surface area (Å²) in [6.45, 7) is 0. The lowest BCUT2D eigenvalue weighted by atomic mass is 9.68. The minimum absolute atomic E-state index is 0.168. The lowest BCUT2D eigenvalue weighted by Crippen LogP contribution is -2.56. The number of carbonyl (C=O) groups is 2. The fourth-order valence-corrected chi connectivity index (χ4v) is 6.56. The van der Waals surface area contributed by atoms with Crippen LogP contribution in [-0.4, -0.2) is 36.5 Å². The highest BCUT2D eigenvalue weighted by Crippen LogP contribution is 2.53. The van der Waals surface area contributed by atoms with Gasteiger partial charge < -0.3 is 0 Å². The van der Waals surface area contributed by atoms with Crippen LogP contribution in [0.25, 0.3) is 0 Å². The lowest BCUT2D eigenvalue weighted by molar-refractivity contribution is -0.218. The topological polar surface area (TPSA) is 80.8 Å². The van der Waals surface area contributed by atoms with E-state index in [1.807, 2.05) is 0 Å². The second-order valence-electron chi connectivity index (χ2n) is 10.1. The number of alkyl halides is 4. The van der Waals surface area contributed by atoms with Crippen LogP contribution in [0.4, 0.5) is 17.6 Å². The molecule has 34 heavy (non-hydrogen) atoms. The number of hydrogen-bond donors (Lipinski definition) is 0. The molecule has 4 fully saturated rings. The van der Waals surface area contributed by atoms with Crippen LogP contribution in [0.1, 0.15) is 103 Å². The normalized spacial score (nSPS) is 29.2. The number of carbonyl (C=O) groups excluding carboxylic acids is 2. The second-order valence-corrected chi connectivity index (χ2v) is 11.6. The first-order valence-electron chi connectivity index (χ1n) is 12.5. The third kappa shape index (κ3) is 5.94. The molecule has 3 saturated carbocycles. The van der Waals surface area contributed by atoms with Crippen LogP contribution >= 0.6 is 0 Å². The highest BCUT2D eigenvalue weighted by Gasteiger charge is 2.71. The number of amides is 2. The van der Waals surface area contributed by atoms with Gasteiger partial charge in [-0.25, -0.2) is 0 Å². The van der Waals surface area contributed by atoms with E-state index < -0.39 is 57.8 Å². The number of rotatable bonds is 5. The molecule has 0 spiro atoms. The Morgan fingerprint density at radius 2 is 1.24 bits per heavy atom. The molecule has 2 amide bonds. The van der Waals surface area contributed by atoms with Crippen LogP contribution in [0.5, 0.6) is 0 Å². The Kier molecular flexibility index (Phi) is 9.03. The largest absolute Gasteiger partial charge is 0.433 e. The molecule has 11 heteroatoms. The van der Waals surface area contributed by atoms with Crippen molar-refractivity contribution in [2.45, 2.75) is 114 Å². The van der Waals surface area contributed by atoms with Crippen LogP contribution in [-0.2, 0) is 24.0 Å². The lowest BCUT2D eigenvalue weighted by Gasteiger charge is -2.42. The zero-order valence-corrected chi connectivity index (χ0v) is 20.3. The molecule has 1 heterocycles. The average Bonchev–Trinajstić information content (AvgIpc) is 3.08. The molecule has 0 aromatic rings. The molecule has 0 radical (unpaired) electrons. The molecule has 196 valence electrons. The van der Waals surface area contributed by atoms with Crippen molar-refractivity contribution >= 4 is 21.9 Å². The van der Waals surface area contributed by atoms with E-state index in [4.69, 9.17) is 0 Å². The van der Waals surface area contributed by atoms with E-state index in [-0.39, 0.29) is 17.4 Å². The summed E-state index contributed by atoms with van der Waals surface area (Å²) >= 11 is 0. The van der Waals surface area contributed by atoms with Crippen molar-refractivity contribution in [3.8, 4) is 0 Å². The second kappa shape index (κ2) is 11.2. The van der Waals surface area contributed by atoms with Crippen LogP contribution < -0.4 is 0 Å². The summed E-state index contributed by atoms with van der Waals surface area (Å²) in [5.74, 6) is -9.93. The predicted molar refractivity (Wildman–Crippen MR) is 116 cm³/mol. The number of hydroxylamine groups is 2. The zero-order chi connectivity index (χ0) is 25.0. The van der Waals surface area contributed by atoms with Gasteiger partial charge in [-0.05, 0) is 31.1 Å². The van der Waals surface area contributed by atoms with Gasteiger partial charge in [0.1, 0.15) is 0 Å². The summed E-state index contributed by atoms with van der Waals surface area (Å²) in [7, 11) is -6.30. The molecule has 0 aromatic heterocycles. The van der Waals surface area contributed by atoms with Gasteiger partial charge in [-0.1, -0.05) is 70.6 Å². The van der Waals surface area contributed by atoms with E-state index in [1.165, 1.54) is 0 Å². The number of nitrogens with zero attached hydrogens (tertiary/aromatic N) is 1. The van der Waals surface area contributed by atoms with Crippen LogP contribution in [0.2, 0.25) is 0 Å². The smallest absolute Gasteiger partial charge is 0.272 e. The van der Waals surface area contributed by atoms with Crippen molar-refractivity contribution in [1.82, 2.24) is 5.06 Å². The van der Waals surface area contributed by atoms with Crippen LogP contribution in [0, 0.1) is 17.8 Å². The SMILES string of the molecule is O=C1CCC(=O)N1OS(=O)(=O)C(F)(F)C(F)(F)C1CC2CCCCCCCCCCCC1CC2. The monoisotopic (exact) mass is 513 g/mol. The molecule has 1 saturated heterocycles. The Balaban J connectivity index is 1.82. The number of imide groups is 1. The first-order chi connectivity index (χ1) is 16.0. The van der Waals surface area contributed by atoms with Gasteiger partial charge in [0, 0.05) is 18.8 Å². The van der Waals surface area contributed by atoms with Crippen molar-refractivity contribution in [3.05, 3.63) is 0 Å². The molecular formula is C23H35F4NO5S. The third-order valence-corrected chi connectivity index (χ3v) is 8.88. The Labute approximate surface area is 198 Å². The average molecular weight is 514 g/mol. The van der Waals surface area contributed by atoms with Crippen LogP contribution in [0.15, 0.2) is 0 Å². The van der Waals surface area contributed by atoms with Gasteiger partial charge in [0.15, 0.2) is 0 Å². The maximum Gasteiger partial charge on any atom is 0.433 e. The Morgan fingerprint density at radius 3 is 1.79 bits per heavy atom. The molecule has 4 rings (SSSR count). The predicted octanol–water partition coefficient (Wildman–Crippen LogP) is 5.96. The van der Waals surface area contributed by atoms with Crippen molar-refractivity contribution in [1.29, 1.82) is 0 Å². The maximum atomic E-state index is 15.5. The van der Waals surface area contributed by atoms with Gasteiger partial charge in [0.2, 0.25) is 0 Å². The number of hydrogen-bond acceptors (Lipinski definition) is 5. The third-order valence-electron chi connectivity index (χ3n) is 7.64. The van der Waals surface area contributed by atoms with E-state index in [2.05, 4.69) is 4.28 Å². The highest BCUT2D eigenvalue weighted by molar-refractivity contribution is 7.87. The summed E-state index contributed by atoms with van der Waals surface area (Å²) in [6.07, 6.45) is 9.63. The molecule has 2 bridgehead atoms. The van der Waals surface area contributed by atoms with Crippen LogP contribution in [0.3, 0.4) is 0 Å². The first-order valence-corrected chi connectivity index (χ1v) is 13.9. The van der Waals surface area contributed by atoms with Crippen molar-refractivity contribution < 1.29 is 39.9 Å². The van der Waals surface area contributed by atoms with E-state index in [0.717, 1.165) is 51.4 Å². The van der Waals surface area contributed by atoms with Gasteiger partial charge in [0.05, 0.1) is 0 Å². The quantitative estimate of drug-likeness (QED) is 0.335. The molecule has 3 aliphatic carbocycles. The summed E-state index contributed by atoms with van der Waals surface area (Å²) in [5, 5.41) is -5.92. The Bertz CT molecular complexity index is 815. The maximum absolute atomic E-state index is 15.5. The molecule has 0 aromatic carbocycles. The first kappa shape index (κ1) is 27.4. The fraction of sp³-hybridized carbons (Fsp3) is 0.913. The summed E-state index contributed by atoms with van der Waals surface area (Å²) < 4.78 is 89.5. The van der Waals surface area contributed by atoms with Gasteiger partial charge in [-0.2, -0.15) is 26.0 Å². The summed E-state index contributed by atoms with van der Waals surface area (Å²) in [4.78, 5) is 23.2. The molecule has 6 nitrogen and oxygen atoms in total. The van der Waals surface area contributed by atoms with Gasteiger partial charge >= 0.3 is 21.3 Å².